The summed E-state index contributed by atoms with van der Waals surface area (Å²) in [5.74, 6) is -0.879. The zero-order valence-electron chi connectivity index (χ0n) is 39.5. The summed E-state index contributed by atoms with van der Waals surface area (Å²) in [5, 5.41) is 0. The van der Waals surface area contributed by atoms with Crippen molar-refractivity contribution in [3.05, 3.63) is 24.3 Å². The first-order valence-corrected chi connectivity index (χ1v) is 25.8. The Morgan fingerprint density at radius 2 is 0.559 bits per heavy atom. The van der Waals surface area contributed by atoms with E-state index in [-0.39, 0.29) is 31.1 Å². The van der Waals surface area contributed by atoms with Crippen molar-refractivity contribution in [2.45, 2.75) is 284 Å². The summed E-state index contributed by atoms with van der Waals surface area (Å²) in [6.45, 7) is 6.61. The first-order chi connectivity index (χ1) is 29.0. The van der Waals surface area contributed by atoms with E-state index < -0.39 is 6.10 Å². The molecule has 0 aromatic carbocycles. The molecule has 59 heavy (non-hydrogen) atoms. The lowest BCUT2D eigenvalue weighted by Crippen LogP contribution is -2.30. The predicted molar refractivity (Wildman–Crippen MR) is 252 cm³/mol. The Bertz CT molecular complexity index is 958. The van der Waals surface area contributed by atoms with Crippen molar-refractivity contribution in [3.8, 4) is 0 Å². The van der Waals surface area contributed by atoms with E-state index in [1.165, 1.54) is 173 Å². The molecule has 0 heterocycles. The quantitative estimate of drug-likeness (QED) is 0.0263. The third kappa shape index (κ3) is 46.8. The molecule has 0 aliphatic rings. The van der Waals surface area contributed by atoms with Crippen LogP contribution in [0.1, 0.15) is 278 Å². The predicted octanol–water partition coefficient (Wildman–Crippen LogP) is 16.8. The van der Waals surface area contributed by atoms with Crippen molar-refractivity contribution in [2.75, 3.05) is 13.2 Å². The molecule has 0 rings (SSSR count). The van der Waals surface area contributed by atoms with Crippen LogP contribution in [0.3, 0.4) is 0 Å². The van der Waals surface area contributed by atoms with Gasteiger partial charge in [-0.05, 0) is 70.6 Å². The topological polar surface area (TPSA) is 78.9 Å². The zero-order chi connectivity index (χ0) is 43.0. The van der Waals surface area contributed by atoms with E-state index in [9.17, 15) is 14.4 Å². The SMILES string of the molecule is CCCCCCCC/C=C\CCCCCCCCCC(=O)OCC(COC(=O)CCCCCCCCCC)OC(=O)CCCCCCC/C=C\CCCCCCCCC. The highest BCUT2D eigenvalue weighted by atomic mass is 16.6. The molecule has 0 aliphatic heterocycles. The van der Waals surface area contributed by atoms with Gasteiger partial charge in [-0.1, -0.05) is 212 Å². The molecule has 346 valence electrons. The Labute approximate surface area is 366 Å². The summed E-state index contributed by atoms with van der Waals surface area (Å²) in [6.07, 6.45) is 54.5. The lowest BCUT2D eigenvalue weighted by atomic mass is 10.1. The van der Waals surface area contributed by atoms with Gasteiger partial charge in [0, 0.05) is 19.3 Å². The molecule has 0 amide bonds. The van der Waals surface area contributed by atoms with Crippen LogP contribution in [0.15, 0.2) is 24.3 Å². The Balaban J connectivity index is 4.28. The lowest BCUT2D eigenvalue weighted by molar-refractivity contribution is -0.167. The van der Waals surface area contributed by atoms with Crippen LogP contribution in [0.25, 0.3) is 0 Å². The second kappa shape index (κ2) is 48.6. The summed E-state index contributed by atoms with van der Waals surface area (Å²) < 4.78 is 16.7. The number of allylic oxidation sites excluding steroid dienone is 4. The molecule has 1 unspecified atom stereocenters. The van der Waals surface area contributed by atoms with Crippen molar-refractivity contribution < 1.29 is 28.6 Å². The van der Waals surface area contributed by atoms with E-state index in [4.69, 9.17) is 14.2 Å². The van der Waals surface area contributed by atoms with Crippen LogP contribution in [-0.4, -0.2) is 37.2 Å². The van der Waals surface area contributed by atoms with Gasteiger partial charge >= 0.3 is 17.9 Å². The number of hydrogen-bond donors (Lipinski definition) is 0. The molecule has 0 saturated carbocycles. The maximum Gasteiger partial charge on any atom is 0.306 e. The molecule has 6 nitrogen and oxygen atoms in total. The van der Waals surface area contributed by atoms with Crippen LogP contribution < -0.4 is 0 Å². The molecule has 0 aromatic rings. The van der Waals surface area contributed by atoms with Gasteiger partial charge in [0.1, 0.15) is 13.2 Å². The Kier molecular flexibility index (Phi) is 46.8. The van der Waals surface area contributed by atoms with Crippen LogP contribution in [0.2, 0.25) is 0 Å². The van der Waals surface area contributed by atoms with Gasteiger partial charge in [-0.25, -0.2) is 0 Å². The second-order valence-electron chi connectivity index (χ2n) is 17.4. The summed E-state index contributed by atoms with van der Waals surface area (Å²) in [6, 6.07) is 0. The second-order valence-corrected chi connectivity index (χ2v) is 17.4. The van der Waals surface area contributed by atoms with Crippen LogP contribution in [0, 0.1) is 0 Å². The van der Waals surface area contributed by atoms with E-state index in [1.807, 2.05) is 0 Å². The van der Waals surface area contributed by atoms with Crippen molar-refractivity contribution in [1.82, 2.24) is 0 Å². The summed E-state index contributed by atoms with van der Waals surface area (Å²) >= 11 is 0. The van der Waals surface area contributed by atoms with Crippen LogP contribution in [0.5, 0.6) is 0 Å². The van der Waals surface area contributed by atoms with Gasteiger partial charge in [-0.3, -0.25) is 14.4 Å². The number of carbonyl (C=O) groups excluding carboxylic acids is 3. The van der Waals surface area contributed by atoms with Crippen LogP contribution >= 0.6 is 0 Å². The van der Waals surface area contributed by atoms with Crippen molar-refractivity contribution in [1.29, 1.82) is 0 Å². The minimum Gasteiger partial charge on any atom is -0.462 e. The van der Waals surface area contributed by atoms with Gasteiger partial charge in [-0.15, -0.1) is 0 Å². The third-order valence-electron chi connectivity index (χ3n) is 11.4. The normalized spacial score (nSPS) is 12.1. The molecule has 0 spiro atoms. The first kappa shape index (κ1) is 56.9. The molecule has 0 aromatic heterocycles. The van der Waals surface area contributed by atoms with E-state index in [0.717, 1.165) is 64.2 Å². The smallest absolute Gasteiger partial charge is 0.306 e. The number of esters is 3. The van der Waals surface area contributed by atoms with E-state index in [2.05, 4.69) is 45.1 Å². The number of unbranched alkanes of at least 4 members (excludes halogenated alkanes) is 32. The molecule has 0 saturated heterocycles. The molecule has 0 fully saturated rings. The van der Waals surface area contributed by atoms with E-state index >= 15 is 0 Å². The fourth-order valence-electron chi connectivity index (χ4n) is 7.49. The maximum absolute atomic E-state index is 12.8. The Hall–Kier alpha value is -2.11. The summed E-state index contributed by atoms with van der Waals surface area (Å²) in [7, 11) is 0. The average molecular weight is 831 g/mol. The molecule has 6 heteroatoms. The van der Waals surface area contributed by atoms with Crippen molar-refractivity contribution in [2.24, 2.45) is 0 Å². The van der Waals surface area contributed by atoms with Gasteiger partial charge in [-0.2, -0.15) is 0 Å². The molecule has 0 N–H and O–H groups in total. The van der Waals surface area contributed by atoms with Gasteiger partial charge in [0.25, 0.3) is 0 Å². The number of hydrogen-bond acceptors (Lipinski definition) is 6. The fraction of sp³-hybridized carbons (Fsp3) is 0.868. The number of carbonyl (C=O) groups is 3. The molecule has 0 radical (unpaired) electrons. The Morgan fingerprint density at radius 3 is 0.847 bits per heavy atom. The highest BCUT2D eigenvalue weighted by Crippen LogP contribution is 2.15. The third-order valence-corrected chi connectivity index (χ3v) is 11.4. The Morgan fingerprint density at radius 1 is 0.322 bits per heavy atom. The molecular weight excluding hydrogens is 733 g/mol. The van der Waals surface area contributed by atoms with Gasteiger partial charge < -0.3 is 14.2 Å². The minimum atomic E-state index is -0.771. The largest absolute Gasteiger partial charge is 0.462 e. The number of ether oxygens (including phenoxy) is 3. The van der Waals surface area contributed by atoms with E-state index in [1.54, 1.807) is 0 Å². The van der Waals surface area contributed by atoms with E-state index in [0.29, 0.717) is 19.3 Å². The van der Waals surface area contributed by atoms with Gasteiger partial charge in [0.2, 0.25) is 0 Å². The minimum absolute atomic E-state index is 0.0732. The number of rotatable bonds is 47. The highest BCUT2D eigenvalue weighted by Gasteiger charge is 2.19. The van der Waals surface area contributed by atoms with Gasteiger partial charge in [0.05, 0.1) is 0 Å². The average Bonchev–Trinajstić information content (AvgIpc) is 3.23. The van der Waals surface area contributed by atoms with Crippen molar-refractivity contribution >= 4 is 17.9 Å². The first-order valence-electron chi connectivity index (χ1n) is 25.8. The molecule has 1 atom stereocenters. The highest BCUT2D eigenvalue weighted by molar-refractivity contribution is 5.71. The van der Waals surface area contributed by atoms with Crippen LogP contribution in [-0.2, 0) is 28.6 Å². The monoisotopic (exact) mass is 831 g/mol. The zero-order valence-corrected chi connectivity index (χ0v) is 39.5. The summed E-state index contributed by atoms with van der Waals surface area (Å²) in [5.41, 5.74) is 0. The van der Waals surface area contributed by atoms with Crippen molar-refractivity contribution in [3.63, 3.8) is 0 Å². The molecular formula is C53H98O6. The molecule has 0 aliphatic carbocycles. The summed E-state index contributed by atoms with van der Waals surface area (Å²) in [4.78, 5) is 37.8. The van der Waals surface area contributed by atoms with Gasteiger partial charge in [0.15, 0.2) is 6.10 Å². The maximum atomic E-state index is 12.8. The fourth-order valence-corrected chi connectivity index (χ4v) is 7.49. The standard InChI is InChI=1S/C53H98O6/c1-4-7-10-13-16-19-21-23-25-27-29-30-32-34-37-40-43-46-52(55)58-49-50(48-57-51(54)45-42-39-36-18-15-12-9-6-3)59-53(56)47-44-41-38-35-33-31-28-26-24-22-20-17-14-11-8-5-2/h23,25-26,28,50H,4-22,24,27,29-49H2,1-3H3/b25-23-,28-26-. The van der Waals surface area contributed by atoms with Crippen LogP contribution in [0.4, 0.5) is 0 Å². The lowest BCUT2D eigenvalue weighted by Gasteiger charge is -2.18. The molecule has 0 bridgehead atoms.